The summed E-state index contributed by atoms with van der Waals surface area (Å²) in [5.41, 5.74) is 1.91. The Kier molecular flexibility index (Phi) is 3.86. The second-order valence-corrected chi connectivity index (χ2v) is 7.42. The highest BCUT2D eigenvalue weighted by Crippen LogP contribution is 2.45. The van der Waals surface area contributed by atoms with E-state index >= 15 is 0 Å². The van der Waals surface area contributed by atoms with Crippen molar-refractivity contribution in [2.45, 2.75) is 3.79 Å². The van der Waals surface area contributed by atoms with Crippen LogP contribution in [0, 0.1) is 0 Å². The Labute approximate surface area is 146 Å². The zero-order valence-corrected chi connectivity index (χ0v) is 13.8. The van der Waals surface area contributed by atoms with E-state index in [4.69, 9.17) is 46.4 Å². The van der Waals surface area contributed by atoms with Gasteiger partial charge in [0.05, 0.1) is 11.1 Å². The van der Waals surface area contributed by atoms with E-state index in [0.717, 1.165) is 0 Å². The maximum atomic E-state index is 12.1. The Hall–Kier alpha value is -1.26. The van der Waals surface area contributed by atoms with Gasteiger partial charge in [0.2, 0.25) is 3.79 Å². The molecule has 0 bridgehead atoms. The fourth-order valence-electron chi connectivity index (χ4n) is 2.43. The number of hydrogen-bond donors (Lipinski definition) is 1. The number of amides is 2. The minimum Gasteiger partial charge on any atom is -0.288 e. The van der Waals surface area contributed by atoms with Crippen LogP contribution in [-0.4, -0.2) is 11.8 Å². The molecule has 0 fully saturated rings. The largest absolute Gasteiger partial charge is 0.288 e. The van der Waals surface area contributed by atoms with Gasteiger partial charge >= 0.3 is 0 Å². The van der Waals surface area contributed by atoms with Gasteiger partial charge in [0.1, 0.15) is 0 Å². The standard InChI is InChI=1S/C15H7Cl4NO2/c16-7-4-5-11(15(17,18)19)10(6-7)8-2-1-3-9-12(8)14(22)20-13(9)21/h1-6H,(H,20,21,22). The second-order valence-electron chi connectivity index (χ2n) is 4.70. The number of carbonyl (C=O) groups excluding carboxylic acids is 2. The van der Waals surface area contributed by atoms with Gasteiger partial charge in [-0.3, -0.25) is 14.9 Å². The molecule has 112 valence electrons. The molecule has 3 rings (SSSR count). The molecule has 2 aromatic rings. The van der Waals surface area contributed by atoms with Crippen molar-refractivity contribution < 1.29 is 9.59 Å². The van der Waals surface area contributed by atoms with Crippen molar-refractivity contribution in [3.05, 3.63) is 58.1 Å². The summed E-state index contributed by atoms with van der Waals surface area (Å²) in [5.74, 6) is -0.926. The minimum atomic E-state index is -1.69. The maximum absolute atomic E-state index is 12.1. The number of rotatable bonds is 1. The molecule has 0 unspecified atom stereocenters. The number of hydrogen-bond acceptors (Lipinski definition) is 2. The van der Waals surface area contributed by atoms with Crippen molar-refractivity contribution in [1.82, 2.24) is 5.32 Å². The van der Waals surface area contributed by atoms with Crippen molar-refractivity contribution in [2.75, 3.05) is 0 Å². The number of benzene rings is 2. The van der Waals surface area contributed by atoms with E-state index in [1.165, 1.54) is 0 Å². The Balaban J connectivity index is 2.33. The molecule has 3 nitrogen and oxygen atoms in total. The van der Waals surface area contributed by atoms with E-state index in [9.17, 15) is 9.59 Å². The average Bonchev–Trinajstić information content (AvgIpc) is 2.73. The molecule has 1 aliphatic rings. The van der Waals surface area contributed by atoms with Crippen molar-refractivity contribution in [2.24, 2.45) is 0 Å². The van der Waals surface area contributed by atoms with E-state index in [1.54, 1.807) is 36.4 Å². The van der Waals surface area contributed by atoms with Gasteiger partial charge in [0, 0.05) is 10.6 Å². The van der Waals surface area contributed by atoms with E-state index in [1.807, 2.05) is 0 Å². The van der Waals surface area contributed by atoms with Gasteiger partial charge in [-0.25, -0.2) is 0 Å². The van der Waals surface area contributed by atoms with Crippen LogP contribution < -0.4 is 5.32 Å². The van der Waals surface area contributed by atoms with Crippen LogP contribution in [0.25, 0.3) is 11.1 Å². The lowest BCUT2D eigenvalue weighted by molar-refractivity contribution is 0.0880. The summed E-state index contributed by atoms with van der Waals surface area (Å²) in [6.45, 7) is 0. The van der Waals surface area contributed by atoms with Crippen LogP contribution >= 0.6 is 46.4 Å². The highest BCUT2D eigenvalue weighted by molar-refractivity contribution is 6.67. The summed E-state index contributed by atoms with van der Waals surface area (Å²) in [6.07, 6.45) is 0. The first kappa shape index (κ1) is 15.6. The Morgan fingerprint density at radius 3 is 2.23 bits per heavy atom. The zero-order chi connectivity index (χ0) is 16.1. The molecule has 0 spiro atoms. The van der Waals surface area contributed by atoms with Crippen LogP contribution in [-0.2, 0) is 3.79 Å². The molecule has 2 amide bonds. The number of imide groups is 1. The quantitative estimate of drug-likeness (QED) is 0.580. The monoisotopic (exact) mass is 373 g/mol. The summed E-state index contributed by atoms with van der Waals surface area (Å²) >= 11 is 24.0. The third-order valence-corrected chi connectivity index (χ3v) is 4.19. The van der Waals surface area contributed by atoms with Crippen LogP contribution in [0.5, 0.6) is 0 Å². The highest BCUT2D eigenvalue weighted by atomic mass is 35.6. The molecule has 1 N–H and O–H groups in total. The van der Waals surface area contributed by atoms with Crippen molar-refractivity contribution in [3.63, 3.8) is 0 Å². The van der Waals surface area contributed by atoms with Crippen LogP contribution in [0.2, 0.25) is 5.02 Å². The predicted molar refractivity (Wildman–Crippen MR) is 87.9 cm³/mol. The lowest BCUT2D eigenvalue weighted by atomic mass is 9.93. The van der Waals surface area contributed by atoms with Gasteiger partial charge in [-0.15, -0.1) is 0 Å². The molecule has 1 aliphatic heterocycles. The van der Waals surface area contributed by atoms with Crippen molar-refractivity contribution in [3.8, 4) is 11.1 Å². The summed E-state index contributed by atoms with van der Waals surface area (Å²) in [6, 6.07) is 9.69. The highest BCUT2D eigenvalue weighted by Gasteiger charge is 2.33. The van der Waals surface area contributed by atoms with Gasteiger partial charge in [0.25, 0.3) is 11.8 Å². The van der Waals surface area contributed by atoms with Crippen LogP contribution in [0.4, 0.5) is 0 Å². The molecule has 7 heteroatoms. The summed E-state index contributed by atoms with van der Waals surface area (Å²) in [5, 5.41) is 2.68. The van der Waals surface area contributed by atoms with E-state index < -0.39 is 15.6 Å². The molecule has 2 aromatic carbocycles. The van der Waals surface area contributed by atoms with Crippen LogP contribution in [0.15, 0.2) is 36.4 Å². The fraction of sp³-hybridized carbons (Fsp3) is 0.0667. The third kappa shape index (κ3) is 2.59. The normalized spacial score (nSPS) is 14.0. The molecule has 0 aliphatic carbocycles. The first-order valence-corrected chi connectivity index (χ1v) is 7.66. The minimum absolute atomic E-state index is 0.255. The van der Waals surface area contributed by atoms with E-state index in [0.29, 0.717) is 21.7 Å². The molecule has 0 radical (unpaired) electrons. The Morgan fingerprint density at radius 2 is 1.55 bits per heavy atom. The molecule has 0 aromatic heterocycles. The number of alkyl halides is 3. The lowest BCUT2D eigenvalue weighted by Crippen LogP contribution is -2.20. The molecular weight excluding hydrogens is 368 g/mol. The van der Waals surface area contributed by atoms with Crippen LogP contribution in [0.1, 0.15) is 26.3 Å². The molecule has 0 saturated carbocycles. The van der Waals surface area contributed by atoms with Gasteiger partial charge in [0.15, 0.2) is 0 Å². The van der Waals surface area contributed by atoms with Gasteiger partial charge in [-0.1, -0.05) is 64.6 Å². The summed E-state index contributed by atoms with van der Waals surface area (Å²) in [4.78, 5) is 23.8. The summed E-state index contributed by atoms with van der Waals surface area (Å²) in [7, 11) is 0. The number of nitrogens with one attached hydrogen (secondary N) is 1. The molecule has 0 atom stereocenters. The smallest absolute Gasteiger partial charge is 0.259 e. The first-order chi connectivity index (χ1) is 10.3. The molecular formula is C15H7Cl4NO2. The maximum Gasteiger partial charge on any atom is 0.259 e. The number of carbonyl (C=O) groups is 2. The topological polar surface area (TPSA) is 46.2 Å². The van der Waals surface area contributed by atoms with Crippen molar-refractivity contribution in [1.29, 1.82) is 0 Å². The van der Waals surface area contributed by atoms with Gasteiger partial charge < -0.3 is 0 Å². The SMILES string of the molecule is O=C1NC(=O)c2c1cccc2-c1cc(Cl)ccc1C(Cl)(Cl)Cl. The molecule has 0 saturated heterocycles. The number of halogens is 4. The van der Waals surface area contributed by atoms with Crippen LogP contribution in [0.3, 0.4) is 0 Å². The van der Waals surface area contributed by atoms with Gasteiger partial charge in [-0.2, -0.15) is 0 Å². The first-order valence-electron chi connectivity index (χ1n) is 6.15. The zero-order valence-electron chi connectivity index (χ0n) is 10.8. The summed E-state index contributed by atoms with van der Waals surface area (Å²) < 4.78 is -1.69. The third-order valence-electron chi connectivity index (χ3n) is 3.34. The Morgan fingerprint density at radius 1 is 0.864 bits per heavy atom. The van der Waals surface area contributed by atoms with Gasteiger partial charge in [-0.05, 0) is 29.3 Å². The average molecular weight is 375 g/mol. The van der Waals surface area contributed by atoms with Crippen molar-refractivity contribution >= 4 is 58.2 Å². The van der Waals surface area contributed by atoms with E-state index in [2.05, 4.69) is 5.32 Å². The molecule has 22 heavy (non-hydrogen) atoms. The second kappa shape index (κ2) is 5.43. The molecule has 1 heterocycles. The fourth-order valence-corrected chi connectivity index (χ4v) is 3.10. The lowest BCUT2D eigenvalue weighted by Gasteiger charge is -2.18. The number of fused-ring (bicyclic) bond motifs is 1. The predicted octanol–water partition coefficient (Wildman–Crippen LogP) is 4.72. The Bertz CT molecular complexity index is 812. The van der Waals surface area contributed by atoms with E-state index in [-0.39, 0.29) is 11.1 Å².